The Morgan fingerprint density at radius 1 is 1.40 bits per heavy atom. The maximum Gasteiger partial charge on any atom is 0.260 e. The molecule has 20 heavy (non-hydrogen) atoms. The molecule has 1 heterocycles. The van der Waals surface area contributed by atoms with Gasteiger partial charge in [-0.15, -0.1) is 0 Å². The summed E-state index contributed by atoms with van der Waals surface area (Å²) in [6, 6.07) is 5.96. The summed E-state index contributed by atoms with van der Waals surface area (Å²) in [6.45, 7) is 7.17. The van der Waals surface area contributed by atoms with Gasteiger partial charge in [-0.2, -0.15) is 0 Å². The van der Waals surface area contributed by atoms with Gasteiger partial charge in [-0.25, -0.2) is 0 Å². The number of rotatable bonds is 5. The zero-order chi connectivity index (χ0) is 14.5. The van der Waals surface area contributed by atoms with E-state index in [4.69, 9.17) is 9.47 Å². The zero-order valence-corrected chi connectivity index (χ0v) is 12.4. The molecule has 1 N–H and O–H groups in total. The lowest BCUT2D eigenvalue weighted by molar-refractivity contribution is -0.127. The molecule has 0 radical (unpaired) electrons. The van der Waals surface area contributed by atoms with Crippen LogP contribution in [0.25, 0.3) is 0 Å². The molecular weight excluding hydrogens is 254 g/mol. The summed E-state index contributed by atoms with van der Waals surface area (Å²) in [4.78, 5) is 12.0. The fraction of sp³-hybridized carbons (Fsp3) is 0.562. The predicted octanol–water partition coefficient (Wildman–Crippen LogP) is 2.37. The summed E-state index contributed by atoms with van der Waals surface area (Å²) in [5.41, 5.74) is 2.26. The first-order valence-electron chi connectivity index (χ1n) is 7.19. The molecule has 1 fully saturated rings. The van der Waals surface area contributed by atoms with Gasteiger partial charge < -0.3 is 14.8 Å². The van der Waals surface area contributed by atoms with Crippen LogP contribution in [0.3, 0.4) is 0 Å². The van der Waals surface area contributed by atoms with Gasteiger partial charge in [-0.3, -0.25) is 4.79 Å². The van der Waals surface area contributed by atoms with E-state index in [0.29, 0.717) is 6.54 Å². The van der Waals surface area contributed by atoms with E-state index in [-0.39, 0.29) is 12.0 Å². The Morgan fingerprint density at radius 2 is 2.10 bits per heavy atom. The number of carbonyl (C=O) groups excluding carboxylic acids is 1. The molecule has 110 valence electrons. The fourth-order valence-electron chi connectivity index (χ4n) is 2.42. The first kappa shape index (κ1) is 14.9. The smallest absolute Gasteiger partial charge is 0.260 e. The van der Waals surface area contributed by atoms with Crippen molar-refractivity contribution < 1.29 is 14.3 Å². The summed E-state index contributed by atoms with van der Waals surface area (Å²) < 4.78 is 11.2. The molecule has 0 aromatic heterocycles. The van der Waals surface area contributed by atoms with Crippen LogP contribution in [0.4, 0.5) is 0 Å². The standard InChI is InChI=1S/C16H23NO3/c1-11-7-12(2)9-15(8-11)20-13(3)16(18)17-10-14-5-4-6-19-14/h7-9,13-14H,4-6,10H2,1-3H3,(H,17,18)/t13-,14+/m1/s1. The lowest BCUT2D eigenvalue weighted by atomic mass is 10.1. The highest BCUT2D eigenvalue weighted by Gasteiger charge is 2.19. The first-order chi connectivity index (χ1) is 9.54. The zero-order valence-electron chi connectivity index (χ0n) is 12.4. The van der Waals surface area contributed by atoms with Crippen molar-refractivity contribution in [3.8, 4) is 5.75 Å². The van der Waals surface area contributed by atoms with Crippen molar-refractivity contribution >= 4 is 5.91 Å². The Kier molecular flexibility index (Phi) is 5.01. The molecule has 0 spiro atoms. The summed E-state index contributed by atoms with van der Waals surface area (Å²) in [5, 5.41) is 2.88. The van der Waals surface area contributed by atoms with Crippen molar-refractivity contribution in [2.24, 2.45) is 0 Å². The van der Waals surface area contributed by atoms with Gasteiger partial charge in [0.25, 0.3) is 5.91 Å². The van der Waals surface area contributed by atoms with E-state index in [1.807, 2.05) is 26.0 Å². The molecule has 2 atom stereocenters. The second-order valence-electron chi connectivity index (χ2n) is 5.46. The second kappa shape index (κ2) is 6.75. The molecule has 1 saturated heterocycles. The molecule has 1 amide bonds. The average molecular weight is 277 g/mol. The topological polar surface area (TPSA) is 47.6 Å². The van der Waals surface area contributed by atoms with Crippen molar-refractivity contribution in [2.75, 3.05) is 13.2 Å². The van der Waals surface area contributed by atoms with Crippen LogP contribution >= 0.6 is 0 Å². The molecule has 1 aromatic carbocycles. The Morgan fingerprint density at radius 3 is 2.70 bits per heavy atom. The van der Waals surface area contributed by atoms with Gasteiger partial charge in [0, 0.05) is 13.2 Å². The van der Waals surface area contributed by atoms with Crippen LogP contribution in [-0.4, -0.2) is 31.3 Å². The van der Waals surface area contributed by atoms with Gasteiger partial charge in [0.1, 0.15) is 5.75 Å². The normalized spacial score (nSPS) is 19.6. The first-order valence-corrected chi connectivity index (χ1v) is 7.19. The highest BCUT2D eigenvalue weighted by molar-refractivity contribution is 5.80. The van der Waals surface area contributed by atoms with E-state index in [0.717, 1.165) is 36.3 Å². The largest absolute Gasteiger partial charge is 0.481 e. The summed E-state index contributed by atoms with van der Waals surface area (Å²) >= 11 is 0. The van der Waals surface area contributed by atoms with E-state index in [9.17, 15) is 4.79 Å². The minimum absolute atomic E-state index is 0.0975. The maximum absolute atomic E-state index is 12.0. The van der Waals surface area contributed by atoms with Gasteiger partial charge in [0.05, 0.1) is 6.10 Å². The number of amides is 1. The van der Waals surface area contributed by atoms with Crippen molar-refractivity contribution in [2.45, 2.75) is 45.8 Å². The van der Waals surface area contributed by atoms with Gasteiger partial charge in [-0.1, -0.05) is 6.07 Å². The Balaban J connectivity index is 1.83. The molecule has 2 rings (SSSR count). The molecule has 0 unspecified atom stereocenters. The molecule has 0 bridgehead atoms. The number of nitrogens with one attached hydrogen (secondary N) is 1. The van der Waals surface area contributed by atoms with E-state index in [1.165, 1.54) is 0 Å². The molecule has 0 aliphatic carbocycles. The van der Waals surface area contributed by atoms with Crippen LogP contribution in [0, 0.1) is 13.8 Å². The summed E-state index contributed by atoms with van der Waals surface area (Å²) in [6.07, 6.45) is 1.76. The second-order valence-corrected chi connectivity index (χ2v) is 5.46. The maximum atomic E-state index is 12.0. The monoisotopic (exact) mass is 277 g/mol. The molecule has 4 nitrogen and oxygen atoms in total. The summed E-state index contributed by atoms with van der Waals surface area (Å²) in [7, 11) is 0. The van der Waals surface area contributed by atoms with E-state index >= 15 is 0 Å². The van der Waals surface area contributed by atoms with E-state index < -0.39 is 6.10 Å². The molecule has 1 aliphatic rings. The number of carbonyl (C=O) groups is 1. The Hall–Kier alpha value is -1.55. The lowest BCUT2D eigenvalue weighted by Gasteiger charge is -2.17. The third kappa shape index (κ3) is 4.23. The summed E-state index contributed by atoms with van der Waals surface area (Å²) in [5.74, 6) is 0.641. The highest BCUT2D eigenvalue weighted by Crippen LogP contribution is 2.17. The number of hydrogen-bond acceptors (Lipinski definition) is 3. The van der Waals surface area contributed by atoms with E-state index in [2.05, 4.69) is 11.4 Å². The van der Waals surface area contributed by atoms with Gasteiger partial charge >= 0.3 is 0 Å². The minimum atomic E-state index is -0.502. The SMILES string of the molecule is Cc1cc(C)cc(O[C@H](C)C(=O)NC[C@@H]2CCCO2)c1. The van der Waals surface area contributed by atoms with Crippen molar-refractivity contribution in [1.82, 2.24) is 5.32 Å². The molecule has 1 aliphatic heterocycles. The fourth-order valence-corrected chi connectivity index (χ4v) is 2.42. The van der Waals surface area contributed by atoms with Crippen LogP contribution in [0.1, 0.15) is 30.9 Å². The molecule has 0 saturated carbocycles. The number of hydrogen-bond donors (Lipinski definition) is 1. The number of aryl methyl sites for hydroxylation is 2. The van der Waals surface area contributed by atoms with Gasteiger partial charge in [-0.05, 0) is 56.9 Å². The van der Waals surface area contributed by atoms with Crippen LogP contribution < -0.4 is 10.1 Å². The van der Waals surface area contributed by atoms with Crippen LogP contribution in [0.2, 0.25) is 0 Å². The lowest BCUT2D eigenvalue weighted by Crippen LogP contribution is -2.40. The quantitative estimate of drug-likeness (QED) is 0.899. The Labute approximate surface area is 120 Å². The van der Waals surface area contributed by atoms with Crippen LogP contribution in [0.15, 0.2) is 18.2 Å². The van der Waals surface area contributed by atoms with Crippen molar-refractivity contribution in [1.29, 1.82) is 0 Å². The number of benzene rings is 1. The molecule has 1 aromatic rings. The van der Waals surface area contributed by atoms with Crippen LogP contribution in [-0.2, 0) is 9.53 Å². The van der Waals surface area contributed by atoms with Crippen molar-refractivity contribution in [3.05, 3.63) is 29.3 Å². The van der Waals surface area contributed by atoms with E-state index in [1.54, 1.807) is 6.92 Å². The van der Waals surface area contributed by atoms with Crippen molar-refractivity contribution in [3.63, 3.8) is 0 Å². The third-order valence-corrected chi connectivity index (χ3v) is 3.41. The third-order valence-electron chi connectivity index (χ3n) is 3.41. The highest BCUT2D eigenvalue weighted by atomic mass is 16.5. The minimum Gasteiger partial charge on any atom is -0.481 e. The molecule has 4 heteroatoms. The predicted molar refractivity (Wildman–Crippen MR) is 78.0 cm³/mol. The Bertz CT molecular complexity index is 447. The van der Waals surface area contributed by atoms with Crippen LogP contribution in [0.5, 0.6) is 5.75 Å². The number of ether oxygens (including phenoxy) is 2. The molecular formula is C16H23NO3. The average Bonchev–Trinajstić information content (AvgIpc) is 2.87. The van der Waals surface area contributed by atoms with Gasteiger partial charge in [0.15, 0.2) is 6.10 Å². The van der Waals surface area contributed by atoms with Gasteiger partial charge in [0.2, 0.25) is 0 Å².